The number of ether oxygens (including phenoxy) is 2. The molecule has 0 unspecified atom stereocenters. The van der Waals surface area contributed by atoms with Crippen LogP contribution in [0.25, 0.3) is 10.9 Å². The van der Waals surface area contributed by atoms with Crippen molar-refractivity contribution in [2.24, 2.45) is 0 Å². The fourth-order valence-corrected chi connectivity index (χ4v) is 5.71. The summed E-state index contributed by atoms with van der Waals surface area (Å²) >= 11 is 1.70. The number of fused-ring (bicyclic) bond motifs is 2. The average molecular weight is 543 g/mol. The molecule has 9 nitrogen and oxygen atoms in total. The lowest BCUT2D eigenvalue weighted by molar-refractivity contribution is 0.174. The van der Waals surface area contributed by atoms with Crippen LogP contribution in [0.4, 0.5) is 0 Å². The third kappa shape index (κ3) is 5.17. The van der Waals surface area contributed by atoms with E-state index in [0.717, 1.165) is 11.8 Å². The lowest BCUT2D eigenvalue weighted by atomic mass is 10.0. The smallest absolute Gasteiger partial charge is 0.253 e. The summed E-state index contributed by atoms with van der Waals surface area (Å²) < 4.78 is 13.0. The fraction of sp³-hybridized carbons (Fsp3) is 0.310. The first-order chi connectivity index (χ1) is 18.9. The molecule has 0 aliphatic carbocycles. The van der Waals surface area contributed by atoms with Crippen molar-refractivity contribution in [3.05, 3.63) is 98.2 Å². The van der Waals surface area contributed by atoms with E-state index in [1.54, 1.807) is 11.3 Å². The molecule has 0 radical (unpaired) electrons. The monoisotopic (exact) mass is 542 g/mol. The highest BCUT2D eigenvalue weighted by Gasteiger charge is 2.33. The molecule has 1 aliphatic rings. The Labute approximate surface area is 230 Å². The molecule has 0 bridgehead atoms. The summed E-state index contributed by atoms with van der Waals surface area (Å²) in [5.41, 5.74) is 1.91. The van der Waals surface area contributed by atoms with Crippen LogP contribution in [-0.4, -0.2) is 43.4 Å². The Bertz CT molecular complexity index is 1640. The van der Waals surface area contributed by atoms with Gasteiger partial charge < -0.3 is 14.5 Å². The molecule has 0 saturated carbocycles. The van der Waals surface area contributed by atoms with Crippen LogP contribution in [0.1, 0.15) is 48.6 Å². The number of benzene rings is 2. The summed E-state index contributed by atoms with van der Waals surface area (Å²) in [4.78, 5) is 20.4. The van der Waals surface area contributed by atoms with Crippen LogP contribution >= 0.6 is 11.3 Å². The van der Waals surface area contributed by atoms with Gasteiger partial charge in [-0.25, -0.2) is 4.68 Å². The maximum Gasteiger partial charge on any atom is 0.253 e. The predicted octanol–water partition coefficient (Wildman–Crippen LogP) is 4.89. The minimum Gasteiger partial charge on any atom is -0.454 e. The first-order valence-electron chi connectivity index (χ1n) is 12.9. The van der Waals surface area contributed by atoms with Crippen LogP contribution < -0.4 is 15.0 Å². The van der Waals surface area contributed by atoms with Crippen molar-refractivity contribution >= 4 is 22.2 Å². The van der Waals surface area contributed by atoms with Gasteiger partial charge in [0.1, 0.15) is 6.04 Å². The van der Waals surface area contributed by atoms with E-state index in [0.29, 0.717) is 41.5 Å². The summed E-state index contributed by atoms with van der Waals surface area (Å²) in [6.45, 7) is 7.68. The summed E-state index contributed by atoms with van der Waals surface area (Å²) in [5.74, 6) is 1.91. The highest BCUT2D eigenvalue weighted by atomic mass is 32.1. The first kappa shape index (κ1) is 25.3. The van der Waals surface area contributed by atoms with Crippen molar-refractivity contribution in [3.8, 4) is 11.5 Å². The molecule has 1 N–H and O–H groups in total. The van der Waals surface area contributed by atoms with Gasteiger partial charge in [0.05, 0.1) is 11.1 Å². The Morgan fingerprint density at radius 2 is 1.87 bits per heavy atom. The molecule has 4 heterocycles. The molecule has 39 heavy (non-hydrogen) atoms. The molecule has 2 aromatic carbocycles. The number of aromatic nitrogens is 5. The zero-order valence-electron chi connectivity index (χ0n) is 22.1. The van der Waals surface area contributed by atoms with E-state index in [1.807, 2.05) is 28.9 Å². The van der Waals surface area contributed by atoms with E-state index in [9.17, 15) is 4.79 Å². The van der Waals surface area contributed by atoms with Gasteiger partial charge in [0.25, 0.3) is 5.56 Å². The molecule has 3 aromatic heterocycles. The van der Waals surface area contributed by atoms with E-state index >= 15 is 0 Å². The van der Waals surface area contributed by atoms with Crippen molar-refractivity contribution in [3.63, 3.8) is 0 Å². The Kier molecular flexibility index (Phi) is 6.66. The second-order valence-electron chi connectivity index (χ2n) is 10.7. The number of nitrogens with one attached hydrogen (secondary N) is 1. The van der Waals surface area contributed by atoms with Crippen LogP contribution in [0, 0.1) is 0 Å². The molecular formula is C29H30N6O3S. The van der Waals surface area contributed by atoms with Crippen LogP contribution in [0.3, 0.4) is 0 Å². The summed E-state index contributed by atoms with van der Waals surface area (Å²) in [6, 6.07) is 19.7. The van der Waals surface area contributed by atoms with E-state index in [1.165, 1.54) is 10.4 Å². The zero-order chi connectivity index (χ0) is 27.0. The number of rotatable bonds is 8. The SMILES string of the molecule is CC(C)(C)n1nnnc1[C@@H](c1cc2cc3c(cc2[nH]c1=O)OCO3)N(CCc1ccccc1)Cc1cccs1. The topological polar surface area (TPSA) is 98.2 Å². The average Bonchev–Trinajstić information content (AvgIpc) is 3.69. The highest BCUT2D eigenvalue weighted by Crippen LogP contribution is 2.37. The van der Waals surface area contributed by atoms with Gasteiger partial charge in [-0.15, -0.1) is 16.4 Å². The van der Waals surface area contributed by atoms with Crippen molar-refractivity contribution in [1.29, 1.82) is 0 Å². The molecule has 0 spiro atoms. The number of pyridine rings is 1. The normalized spacial score (nSPS) is 13.8. The van der Waals surface area contributed by atoms with E-state index < -0.39 is 6.04 Å². The Balaban J connectivity index is 1.51. The van der Waals surface area contributed by atoms with E-state index in [2.05, 4.69) is 88.0 Å². The van der Waals surface area contributed by atoms with E-state index in [4.69, 9.17) is 9.47 Å². The summed E-state index contributed by atoms with van der Waals surface area (Å²) in [5, 5.41) is 15.9. The first-order valence-corrected chi connectivity index (χ1v) is 13.8. The third-order valence-electron chi connectivity index (χ3n) is 6.87. The largest absolute Gasteiger partial charge is 0.454 e. The molecule has 6 rings (SSSR count). The number of thiophene rings is 1. The number of tetrazole rings is 1. The van der Waals surface area contributed by atoms with Gasteiger partial charge >= 0.3 is 0 Å². The molecule has 200 valence electrons. The zero-order valence-corrected chi connectivity index (χ0v) is 22.9. The summed E-state index contributed by atoms with van der Waals surface area (Å²) in [6.07, 6.45) is 0.809. The summed E-state index contributed by atoms with van der Waals surface area (Å²) in [7, 11) is 0. The quantitative estimate of drug-likeness (QED) is 0.298. The Hall–Kier alpha value is -4.02. The standard InChI is InChI=1S/C29H30N6O3S/c1-29(2,3)35-27(31-32-33-35)26(22-14-20-15-24-25(38-18-37-24)16-23(20)30-28(22)36)34(17-21-10-7-13-39-21)12-11-19-8-5-4-6-9-19/h4-10,13-16,26H,11-12,17-18H2,1-3H3,(H,30,36)/t26-/m1/s1. The number of hydrogen-bond acceptors (Lipinski definition) is 8. The van der Waals surface area contributed by atoms with Gasteiger partial charge in [0.15, 0.2) is 17.3 Å². The fourth-order valence-electron chi connectivity index (χ4n) is 4.98. The van der Waals surface area contributed by atoms with Gasteiger partial charge in [-0.1, -0.05) is 36.4 Å². The molecule has 0 amide bonds. The molecule has 1 aliphatic heterocycles. The minimum atomic E-state index is -0.497. The number of nitrogens with zero attached hydrogens (tertiary/aromatic N) is 5. The Morgan fingerprint density at radius 3 is 2.62 bits per heavy atom. The maximum atomic E-state index is 13.8. The molecule has 10 heteroatoms. The highest BCUT2D eigenvalue weighted by molar-refractivity contribution is 7.09. The lowest BCUT2D eigenvalue weighted by Crippen LogP contribution is -2.38. The van der Waals surface area contributed by atoms with Crippen LogP contribution in [0.5, 0.6) is 11.5 Å². The predicted molar refractivity (Wildman–Crippen MR) is 150 cm³/mol. The van der Waals surface area contributed by atoms with Crippen molar-refractivity contribution in [1.82, 2.24) is 30.1 Å². The van der Waals surface area contributed by atoms with E-state index in [-0.39, 0.29) is 17.9 Å². The van der Waals surface area contributed by atoms with Crippen molar-refractivity contribution < 1.29 is 9.47 Å². The molecule has 0 saturated heterocycles. The van der Waals surface area contributed by atoms with Gasteiger partial charge in [0, 0.05) is 35.0 Å². The van der Waals surface area contributed by atoms with Crippen molar-refractivity contribution in [2.45, 2.75) is 45.3 Å². The van der Waals surface area contributed by atoms with Gasteiger partial charge in [0.2, 0.25) is 6.79 Å². The molecule has 0 fully saturated rings. The van der Waals surface area contributed by atoms with Gasteiger partial charge in [-0.05, 0) is 66.8 Å². The van der Waals surface area contributed by atoms with Gasteiger partial charge in [-0.3, -0.25) is 9.69 Å². The number of H-pyrrole nitrogens is 1. The Morgan fingerprint density at radius 1 is 1.08 bits per heavy atom. The molecule has 1 atom stereocenters. The van der Waals surface area contributed by atoms with Crippen molar-refractivity contribution in [2.75, 3.05) is 13.3 Å². The number of hydrogen-bond donors (Lipinski definition) is 1. The van der Waals surface area contributed by atoms with Crippen LogP contribution in [0.15, 0.2) is 70.8 Å². The molecular weight excluding hydrogens is 512 g/mol. The third-order valence-corrected chi connectivity index (χ3v) is 7.73. The second-order valence-corrected chi connectivity index (χ2v) is 11.7. The van der Waals surface area contributed by atoms with Crippen LogP contribution in [-0.2, 0) is 18.5 Å². The second kappa shape index (κ2) is 10.3. The van der Waals surface area contributed by atoms with Gasteiger partial charge in [-0.2, -0.15) is 0 Å². The maximum absolute atomic E-state index is 13.8. The lowest BCUT2D eigenvalue weighted by Gasteiger charge is -2.32. The number of aromatic amines is 1. The molecule has 5 aromatic rings. The van der Waals surface area contributed by atoms with Crippen LogP contribution in [0.2, 0.25) is 0 Å². The minimum absolute atomic E-state index is 0.166.